The fraction of sp³-hybridized carbons (Fsp3) is 0.462. The van der Waals surface area contributed by atoms with E-state index < -0.39 is 11.3 Å². The third kappa shape index (κ3) is 2.74. The van der Waals surface area contributed by atoms with E-state index in [9.17, 15) is 8.78 Å². The Kier molecular flexibility index (Phi) is 3.41. The summed E-state index contributed by atoms with van der Waals surface area (Å²) in [5.74, 6) is -2.03. The molecule has 21 heavy (non-hydrogen) atoms. The lowest BCUT2D eigenvalue weighted by Gasteiger charge is -2.47. The Labute approximate surface area is 130 Å². The van der Waals surface area contributed by atoms with Gasteiger partial charge >= 0.3 is 0 Å². The maximum absolute atomic E-state index is 13.5. The topological polar surface area (TPSA) is 43.6 Å². The van der Waals surface area contributed by atoms with Crippen molar-refractivity contribution in [2.75, 3.05) is 0 Å². The van der Waals surface area contributed by atoms with Gasteiger partial charge in [0.15, 0.2) is 0 Å². The summed E-state index contributed by atoms with van der Waals surface area (Å²) in [5.41, 5.74) is -0.0676. The van der Waals surface area contributed by atoms with E-state index in [1.54, 1.807) is 30.1 Å². The summed E-state index contributed by atoms with van der Waals surface area (Å²) in [6.45, 7) is 0. The molecule has 0 atom stereocenters. The van der Waals surface area contributed by atoms with Crippen LogP contribution in [0.3, 0.4) is 0 Å². The zero-order chi connectivity index (χ0) is 15.3. The van der Waals surface area contributed by atoms with E-state index in [0.29, 0.717) is 17.8 Å². The Balaban J connectivity index is 2.00. The van der Waals surface area contributed by atoms with Crippen LogP contribution in [0.5, 0.6) is 0 Å². The number of aryl methyl sites for hydroxylation is 1. The summed E-state index contributed by atoms with van der Waals surface area (Å²) in [5, 5.41) is 8.18. The molecule has 1 saturated carbocycles. The van der Waals surface area contributed by atoms with Crippen LogP contribution in [-0.2, 0) is 18.9 Å². The van der Waals surface area contributed by atoms with Gasteiger partial charge in [0.1, 0.15) is 22.5 Å². The first-order chi connectivity index (χ1) is 9.80. The number of hydrogen-bond acceptors (Lipinski definition) is 3. The van der Waals surface area contributed by atoms with Gasteiger partial charge in [0.2, 0.25) is 5.92 Å². The van der Waals surface area contributed by atoms with Crippen LogP contribution in [0, 0.1) is 0 Å². The third-order valence-corrected chi connectivity index (χ3v) is 4.26. The van der Waals surface area contributed by atoms with Crippen LogP contribution in [0.4, 0.5) is 8.78 Å². The van der Waals surface area contributed by atoms with Crippen molar-refractivity contribution in [1.29, 1.82) is 0 Å². The maximum Gasteiger partial charge on any atom is 0.249 e. The molecule has 0 unspecified atom stereocenters. The lowest BCUT2D eigenvalue weighted by molar-refractivity contribution is -0.127. The molecule has 4 nitrogen and oxygen atoms in total. The highest BCUT2D eigenvalue weighted by molar-refractivity contribution is 6.32. The molecule has 2 heterocycles. The van der Waals surface area contributed by atoms with Crippen molar-refractivity contribution in [1.82, 2.24) is 19.7 Å². The second-order valence-electron chi connectivity index (χ2n) is 5.53. The molecular formula is C13H12Cl2F2N4. The molecule has 0 aliphatic heterocycles. The molecule has 0 saturated heterocycles. The monoisotopic (exact) mass is 332 g/mol. The lowest BCUT2D eigenvalue weighted by atomic mass is 9.60. The Morgan fingerprint density at radius 1 is 1.24 bits per heavy atom. The van der Waals surface area contributed by atoms with Crippen LogP contribution in [0.1, 0.15) is 24.2 Å². The van der Waals surface area contributed by atoms with Crippen LogP contribution < -0.4 is 0 Å². The van der Waals surface area contributed by atoms with E-state index >= 15 is 0 Å². The van der Waals surface area contributed by atoms with Crippen molar-refractivity contribution in [3.63, 3.8) is 0 Å². The van der Waals surface area contributed by atoms with E-state index in [1.165, 1.54) is 0 Å². The molecule has 0 aromatic carbocycles. The van der Waals surface area contributed by atoms with Crippen molar-refractivity contribution in [2.24, 2.45) is 7.05 Å². The molecule has 0 N–H and O–H groups in total. The van der Waals surface area contributed by atoms with Gasteiger partial charge in [-0.25, -0.2) is 13.8 Å². The fourth-order valence-electron chi connectivity index (χ4n) is 2.91. The highest BCUT2D eigenvalue weighted by Crippen LogP contribution is 2.55. The van der Waals surface area contributed by atoms with Crippen LogP contribution >= 0.6 is 23.2 Å². The first-order valence-corrected chi connectivity index (χ1v) is 7.10. The summed E-state index contributed by atoms with van der Waals surface area (Å²) in [4.78, 5) is 3.87. The van der Waals surface area contributed by atoms with E-state index in [4.69, 9.17) is 23.2 Å². The molecule has 3 rings (SSSR count). The molecule has 8 heteroatoms. The maximum atomic E-state index is 13.5. The van der Waals surface area contributed by atoms with E-state index in [2.05, 4.69) is 15.2 Å². The number of halogens is 4. The largest absolute Gasteiger partial charge is 0.321 e. The molecule has 2 aromatic heterocycles. The molecule has 1 aliphatic rings. The van der Waals surface area contributed by atoms with Crippen LogP contribution in [-0.4, -0.2) is 25.7 Å². The molecule has 2 aromatic rings. The third-order valence-electron chi connectivity index (χ3n) is 3.87. The van der Waals surface area contributed by atoms with Gasteiger partial charge in [-0.1, -0.05) is 23.2 Å². The minimum Gasteiger partial charge on any atom is -0.321 e. The fourth-order valence-corrected chi connectivity index (χ4v) is 3.37. The van der Waals surface area contributed by atoms with Gasteiger partial charge in [0.05, 0.1) is 0 Å². The van der Waals surface area contributed by atoms with Gasteiger partial charge in [-0.15, -0.1) is 10.2 Å². The zero-order valence-corrected chi connectivity index (χ0v) is 12.7. The highest BCUT2D eigenvalue weighted by Gasteiger charge is 2.57. The predicted molar refractivity (Wildman–Crippen MR) is 74.8 cm³/mol. The highest BCUT2D eigenvalue weighted by atomic mass is 35.5. The van der Waals surface area contributed by atoms with Crippen LogP contribution in [0.2, 0.25) is 10.3 Å². The molecule has 0 spiro atoms. The molecule has 0 amide bonds. The molecular weight excluding hydrogens is 321 g/mol. The molecule has 1 fully saturated rings. The van der Waals surface area contributed by atoms with Gasteiger partial charge < -0.3 is 4.57 Å². The number of alkyl halides is 2. The molecule has 0 bridgehead atoms. The summed E-state index contributed by atoms with van der Waals surface area (Å²) in [6, 6.07) is 3.19. The van der Waals surface area contributed by atoms with Crippen molar-refractivity contribution in [3.05, 3.63) is 40.2 Å². The number of pyridine rings is 1. The Morgan fingerprint density at radius 3 is 2.33 bits per heavy atom. The number of hydrogen-bond donors (Lipinski definition) is 0. The second kappa shape index (κ2) is 4.88. The van der Waals surface area contributed by atoms with Gasteiger partial charge in [-0.3, -0.25) is 0 Å². The molecule has 1 aliphatic carbocycles. The van der Waals surface area contributed by atoms with E-state index in [1.807, 2.05) is 0 Å². The SMILES string of the molecule is Cn1cnnc1CC1(c2cc(Cl)nc(Cl)c2)CC(F)(F)C1. The first kappa shape index (κ1) is 14.7. The summed E-state index contributed by atoms with van der Waals surface area (Å²) >= 11 is 11.8. The van der Waals surface area contributed by atoms with Crippen molar-refractivity contribution < 1.29 is 8.78 Å². The Hall–Kier alpha value is -1.27. The minimum atomic E-state index is -2.68. The number of aromatic nitrogens is 4. The van der Waals surface area contributed by atoms with E-state index in [0.717, 1.165) is 0 Å². The molecule has 0 radical (unpaired) electrons. The van der Waals surface area contributed by atoms with Gasteiger partial charge in [-0.2, -0.15) is 0 Å². The molecule has 112 valence electrons. The number of rotatable bonds is 3. The smallest absolute Gasteiger partial charge is 0.249 e. The van der Waals surface area contributed by atoms with Crippen LogP contribution in [0.15, 0.2) is 18.5 Å². The minimum absolute atomic E-state index is 0.199. The van der Waals surface area contributed by atoms with Crippen molar-refractivity contribution in [3.8, 4) is 0 Å². The van der Waals surface area contributed by atoms with Crippen LogP contribution in [0.25, 0.3) is 0 Å². The van der Waals surface area contributed by atoms with Gasteiger partial charge in [0, 0.05) is 31.7 Å². The average molecular weight is 333 g/mol. The predicted octanol–water partition coefficient (Wildman–Crippen LogP) is 3.43. The summed E-state index contributed by atoms with van der Waals surface area (Å²) in [7, 11) is 1.78. The van der Waals surface area contributed by atoms with Crippen molar-refractivity contribution >= 4 is 23.2 Å². The first-order valence-electron chi connectivity index (χ1n) is 6.34. The standard InChI is InChI=1S/C13H12Cl2F2N4/c1-21-7-18-20-11(21)4-12(5-13(16,17)6-12)8-2-9(14)19-10(15)3-8/h2-3,7H,4-6H2,1H3. The Morgan fingerprint density at radius 2 is 1.86 bits per heavy atom. The van der Waals surface area contributed by atoms with E-state index in [-0.39, 0.29) is 23.1 Å². The second-order valence-corrected chi connectivity index (χ2v) is 6.30. The van der Waals surface area contributed by atoms with Gasteiger partial charge in [0.25, 0.3) is 0 Å². The quantitative estimate of drug-likeness (QED) is 0.809. The lowest BCUT2D eigenvalue weighted by Crippen LogP contribution is -2.51. The average Bonchev–Trinajstić information content (AvgIpc) is 2.71. The zero-order valence-electron chi connectivity index (χ0n) is 11.2. The number of nitrogens with zero attached hydrogens (tertiary/aromatic N) is 4. The van der Waals surface area contributed by atoms with Crippen molar-refractivity contribution in [2.45, 2.75) is 30.6 Å². The summed E-state index contributed by atoms with van der Waals surface area (Å²) in [6.07, 6.45) is 1.38. The normalized spacial score (nSPS) is 19.3. The Bertz CT molecular complexity index is 658. The summed E-state index contributed by atoms with van der Waals surface area (Å²) < 4.78 is 28.8. The van der Waals surface area contributed by atoms with Gasteiger partial charge in [-0.05, 0) is 17.7 Å².